The molecule has 2 amide bonds. The number of benzene rings is 2. The average molecular weight is 605 g/mol. The van der Waals surface area contributed by atoms with Gasteiger partial charge in [-0.1, -0.05) is 53.9 Å². The third-order valence-corrected chi connectivity index (χ3v) is 8.21. The van der Waals surface area contributed by atoms with Crippen molar-refractivity contribution in [2.75, 3.05) is 17.1 Å². The summed E-state index contributed by atoms with van der Waals surface area (Å²) in [6.45, 7) is 9.45. The molecule has 0 aromatic heterocycles. The molecule has 0 spiro atoms. The molecular weight excluding hydrogens is 569 g/mol. The highest BCUT2D eigenvalue weighted by molar-refractivity contribution is 7.92. The number of carbonyl (C=O) groups is 2. The van der Waals surface area contributed by atoms with Crippen LogP contribution >= 0.6 is 34.8 Å². The molecule has 0 saturated heterocycles. The molecule has 38 heavy (non-hydrogen) atoms. The van der Waals surface area contributed by atoms with Gasteiger partial charge in [0.2, 0.25) is 21.8 Å². The predicted octanol–water partition coefficient (Wildman–Crippen LogP) is 6.22. The fourth-order valence-corrected chi connectivity index (χ4v) is 5.56. The third-order valence-electron chi connectivity index (χ3n) is 5.88. The minimum atomic E-state index is -3.63. The van der Waals surface area contributed by atoms with Crippen LogP contribution in [0.25, 0.3) is 0 Å². The molecular formula is C27H36Cl3N3O4S. The second kappa shape index (κ2) is 13.4. The first-order valence-electron chi connectivity index (χ1n) is 12.3. The van der Waals surface area contributed by atoms with E-state index in [0.29, 0.717) is 32.7 Å². The van der Waals surface area contributed by atoms with Crippen LogP contribution in [0.3, 0.4) is 0 Å². The van der Waals surface area contributed by atoms with E-state index >= 15 is 0 Å². The molecule has 0 unspecified atom stereocenters. The molecule has 0 bridgehead atoms. The van der Waals surface area contributed by atoms with Crippen molar-refractivity contribution in [3.8, 4) is 0 Å². The summed E-state index contributed by atoms with van der Waals surface area (Å²) in [5, 5.41) is 4.16. The Labute approximate surface area is 241 Å². The molecule has 1 N–H and O–H groups in total. The van der Waals surface area contributed by atoms with Crippen LogP contribution < -0.4 is 9.62 Å². The Hall–Kier alpha value is -2.00. The molecule has 210 valence electrons. The van der Waals surface area contributed by atoms with Gasteiger partial charge < -0.3 is 10.2 Å². The number of hydrogen-bond acceptors (Lipinski definition) is 4. The fraction of sp³-hybridized carbons (Fsp3) is 0.481. The number of amides is 2. The summed E-state index contributed by atoms with van der Waals surface area (Å²) >= 11 is 18.5. The molecule has 1 atom stereocenters. The van der Waals surface area contributed by atoms with Crippen LogP contribution in [-0.4, -0.2) is 49.5 Å². The van der Waals surface area contributed by atoms with Gasteiger partial charge in [0.05, 0.1) is 22.0 Å². The average Bonchev–Trinajstić information content (AvgIpc) is 2.79. The summed E-state index contributed by atoms with van der Waals surface area (Å²) in [6, 6.07) is 9.42. The Morgan fingerprint density at radius 1 is 1.03 bits per heavy atom. The highest BCUT2D eigenvalue weighted by Crippen LogP contribution is 2.29. The molecule has 11 heteroatoms. The van der Waals surface area contributed by atoms with E-state index in [9.17, 15) is 18.0 Å². The lowest BCUT2D eigenvalue weighted by Gasteiger charge is -2.33. The molecule has 0 aliphatic carbocycles. The topological polar surface area (TPSA) is 86.8 Å². The molecule has 2 aromatic rings. The van der Waals surface area contributed by atoms with Gasteiger partial charge in [0.15, 0.2) is 0 Å². The number of carbonyl (C=O) groups excluding carboxylic acids is 2. The summed E-state index contributed by atoms with van der Waals surface area (Å²) in [7, 11) is -3.63. The van der Waals surface area contributed by atoms with Gasteiger partial charge in [0.25, 0.3) is 0 Å². The van der Waals surface area contributed by atoms with Crippen molar-refractivity contribution < 1.29 is 18.0 Å². The van der Waals surface area contributed by atoms with Gasteiger partial charge in [0.1, 0.15) is 6.04 Å². The molecule has 0 saturated carbocycles. The van der Waals surface area contributed by atoms with E-state index in [-0.39, 0.29) is 37.7 Å². The molecule has 2 aromatic carbocycles. The number of rotatable bonds is 11. The summed E-state index contributed by atoms with van der Waals surface area (Å²) < 4.78 is 26.4. The summed E-state index contributed by atoms with van der Waals surface area (Å²) in [4.78, 5) is 28.2. The third kappa shape index (κ3) is 9.04. The second-order valence-corrected chi connectivity index (χ2v) is 13.4. The smallest absolute Gasteiger partial charge is 0.243 e. The second-order valence-electron chi connectivity index (χ2n) is 10.3. The van der Waals surface area contributed by atoms with Crippen LogP contribution in [0.4, 0.5) is 5.69 Å². The van der Waals surface area contributed by atoms with Crippen molar-refractivity contribution >= 4 is 62.3 Å². The van der Waals surface area contributed by atoms with Crippen LogP contribution in [0.1, 0.15) is 58.1 Å². The molecule has 0 aliphatic rings. The quantitative estimate of drug-likeness (QED) is 0.330. The lowest BCUT2D eigenvalue weighted by atomic mass is 10.0. The number of hydrogen-bond donors (Lipinski definition) is 1. The van der Waals surface area contributed by atoms with Crippen LogP contribution in [-0.2, 0) is 26.2 Å². The maximum atomic E-state index is 13.6. The number of halogens is 3. The maximum absolute atomic E-state index is 13.6. The highest BCUT2D eigenvalue weighted by atomic mass is 35.5. The monoisotopic (exact) mass is 603 g/mol. The van der Waals surface area contributed by atoms with E-state index in [2.05, 4.69) is 5.32 Å². The largest absolute Gasteiger partial charge is 0.350 e. The summed E-state index contributed by atoms with van der Waals surface area (Å²) in [5.41, 5.74) is 1.35. The zero-order valence-electron chi connectivity index (χ0n) is 22.6. The van der Waals surface area contributed by atoms with Crippen molar-refractivity contribution in [1.82, 2.24) is 10.2 Å². The van der Waals surface area contributed by atoms with Crippen molar-refractivity contribution in [1.29, 1.82) is 0 Å². The molecule has 2 rings (SSSR count). The Kier molecular flexibility index (Phi) is 11.3. The first-order valence-corrected chi connectivity index (χ1v) is 15.3. The number of sulfonamides is 1. The highest BCUT2D eigenvalue weighted by Gasteiger charge is 2.31. The van der Waals surface area contributed by atoms with Crippen LogP contribution in [0.15, 0.2) is 36.4 Å². The lowest BCUT2D eigenvalue weighted by molar-refractivity contribution is -0.142. The number of anilines is 1. The normalized spacial score (nSPS) is 12.7. The van der Waals surface area contributed by atoms with Crippen molar-refractivity contribution in [2.24, 2.45) is 0 Å². The predicted molar refractivity (Wildman–Crippen MR) is 157 cm³/mol. The van der Waals surface area contributed by atoms with Crippen molar-refractivity contribution in [3.63, 3.8) is 0 Å². The van der Waals surface area contributed by atoms with E-state index in [4.69, 9.17) is 34.8 Å². The van der Waals surface area contributed by atoms with Crippen molar-refractivity contribution in [2.45, 2.75) is 72.0 Å². The van der Waals surface area contributed by atoms with Gasteiger partial charge in [-0.05, 0) is 75.9 Å². The van der Waals surface area contributed by atoms with Gasteiger partial charge in [0, 0.05) is 30.1 Å². The van der Waals surface area contributed by atoms with Crippen LogP contribution in [0.2, 0.25) is 15.1 Å². The first kappa shape index (κ1) is 32.2. The number of nitrogens with zero attached hydrogens (tertiary/aromatic N) is 2. The maximum Gasteiger partial charge on any atom is 0.243 e. The summed E-state index contributed by atoms with van der Waals surface area (Å²) in [6.07, 6.45) is 1.79. The Balaban J connectivity index is 2.30. The number of nitrogens with one attached hydrogen (secondary N) is 1. The van der Waals surface area contributed by atoms with Crippen LogP contribution in [0.5, 0.6) is 0 Å². The van der Waals surface area contributed by atoms with Gasteiger partial charge in [-0.2, -0.15) is 0 Å². The molecule has 7 nitrogen and oxygen atoms in total. The molecule has 0 radical (unpaired) electrons. The fourth-order valence-electron chi connectivity index (χ4n) is 4.06. The summed E-state index contributed by atoms with van der Waals surface area (Å²) in [5.74, 6) is -0.538. The van der Waals surface area contributed by atoms with E-state index in [0.717, 1.165) is 11.8 Å². The SMILES string of the molecule is CC[C@H](C(=O)NC(C)(C)C)N(Cc1ccc(Cl)c(Cl)c1)C(=O)CCCN(c1cccc(Cl)c1C)S(C)(=O)=O. The Morgan fingerprint density at radius 3 is 2.24 bits per heavy atom. The zero-order valence-corrected chi connectivity index (χ0v) is 25.7. The van der Waals surface area contributed by atoms with E-state index in [1.807, 2.05) is 27.7 Å². The minimum Gasteiger partial charge on any atom is -0.350 e. The first-order chi connectivity index (χ1) is 17.5. The van der Waals surface area contributed by atoms with Crippen LogP contribution in [0, 0.1) is 6.92 Å². The lowest BCUT2D eigenvalue weighted by Crippen LogP contribution is -2.53. The van der Waals surface area contributed by atoms with Gasteiger partial charge >= 0.3 is 0 Å². The van der Waals surface area contributed by atoms with E-state index in [1.54, 1.807) is 43.3 Å². The van der Waals surface area contributed by atoms with E-state index < -0.39 is 21.6 Å². The van der Waals surface area contributed by atoms with Gasteiger partial charge in [-0.25, -0.2) is 8.42 Å². The van der Waals surface area contributed by atoms with E-state index in [1.165, 1.54) is 9.21 Å². The minimum absolute atomic E-state index is 0.0340. The standard InChI is InChI=1S/C27H36Cl3N3O4S/c1-7-23(26(35)31-27(3,4)5)32(17-19-13-14-21(29)22(30)16-19)25(34)12-9-15-33(38(6,36)37)24-11-8-10-20(28)18(24)2/h8,10-11,13-14,16,23H,7,9,12,15,17H2,1-6H3,(H,31,35)/t23-/m1/s1. The van der Waals surface area contributed by atoms with Crippen molar-refractivity contribution in [3.05, 3.63) is 62.6 Å². The molecule has 0 fully saturated rings. The van der Waals surface area contributed by atoms with Gasteiger partial charge in [-0.3, -0.25) is 13.9 Å². The zero-order chi connectivity index (χ0) is 28.8. The van der Waals surface area contributed by atoms with Gasteiger partial charge in [-0.15, -0.1) is 0 Å². The Bertz CT molecular complexity index is 1260. The molecule has 0 aliphatic heterocycles. The molecule has 0 heterocycles. The Morgan fingerprint density at radius 2 is 1.68 bits per heavy atom.